The van der Waals surface area contributed by atoms with Gasteiger partial charge < -0.3 is 20.3 Å². The second kappa shape index (κ2) is 9.97. The van der Waals surface area contributed by atoms with Crippen molar-refractivity contribution in [2.24, 2.45) is 5.92 Å². The Labute approximate surface area is 171 Å². The second-order valence-corrected chi connectivity index (χ2v) is 6.86. The van der Waals surface area contributed by atoms with Crippen LogP contribution >= 0.6 is 24.8 Å². The number of anilines is 1. The van der Waals surface area contributed by atoms with Crippen LogP contribution in [0.25, 0.3) is 10.9 Å². The molecule has 1 atom stereocenters. The van der Waals surface area contributed by atoms with Gasteiger partial charge in [-0.3, -0.25) is 9.59 Å². The number of aromatic amines is 1. The molecule has 1 aromatic heterocycles. The van der Waals surface area contributed by atoms with Crippen LogP contribution in [0.3, 0.4) is 0 Å². The Kier molecular flexibility index (Phi) is 8.59. The summed E-state index contributed by atoms with van der Waals surface area (Å²) in [5.41, 5.74) is 3.67. The van der Waals surface area contributed by atoms with Gasteiger partial charge in [-0.2, -0.15) is 0 Å². The van der Waals surface area contributed by atoms with Crippen LogP contribution in [0.2, 0.25) is 0 Å². The Bertz CT molecular complexity index is 854. The summed E-state index contributed by atoms with van der Waals surface area (Å²) in [6, 6.07) is 6.08. The number of aliphatic carboxylic acids is 1. The van der Waals surface area contributed by atoms with E-state index < -0.39 is 5.97 Å². The lowest BCUT2D eigenvalue weighted by Crippen LogP contribution is -2.29. The Balaban J connectivity index is 0.00000182. The zero-order chi connectivity index (χ0) is 18.0. The average molecular weight is 416 g/mol. The number of carbonyl (C=O) groups is 1. The van der Waals surface area contributed by atoms with E-state index in [9.17, 15) is 14.7 Å². The molecule has 8 heteroatoms. The molecular formula is C19H27Cl2N3O3. The van der Waals surface area contributed by atoms with Gasteiger partial charge in [-0.15, -0.1) is 24.8 Å². The van der Waals surface area contributed by atoms with E-state index in [1.165, 1.54) is 0 Å². The summed E-state index contributed by atoms with van der Waals surface area (Å²) < 4.78 is 0. The van der Waals surface area contributed by atoms with Crippen LogP contribution in [0, 0.1) is 5.92 Å². The van der Waals surface area contributed by atoms with E-state index in [2.05, 4.69) is 16.4 Å². The lowest BCUT2D eigenvalue weighted by Gasteiger charge is -2.22. The number of benzene rings is 1. The first-order chi connectivity index (χ1) is 12.0. The van der Waals surface area contributed by atoms with Crippen molar-refractivity contribution >= 4 is 47.4 Å². The van der Waals surface area contributed by atoms with E-state index in [-0.39, 0.29) is 36.3 Å². The smallest absolute Gasteiger partial charge is 0.307 e. The summed E-state index contributed by atoms with van der Waals surface area (Å²) in [7, 11) is 1.92. The highest BCUT2D eigenvalue weighted by Crippen LogP contribution is 2.28. The number of aromatic nitrogens is 1. The fraction of sp³-hybridized carbons (Fsp3) is 0.474. The third kappa shape index (κ3) is 5.15. The van der Waals surface area contributed by atoms with Gasteiger partial charge in [0, 0.05) is 30.6 Å². The number of carboxylic acid groups (broad SMARTS) is 1. The molecular weight excluding hydrogens is 389 g/mol. The molecule has 3 N–H and O–H groups in total. The Morgan fingerprint density at radius 1 is 1.33 bits per heavy atom. The molecule has 6 nitrogen and oxygen atoms in total. The van der Waals surface area contributed by atoms with Gasteiger partial charge in [0.1, 0.15) is 0 Å². The van der Waals surface area contributed by atoms with Gasteiger partial charge in [-0.05, 0) is 37.9 Å². The third-order valence-electron chi connectivity index (χ3n) is 4.91. The lowest BCUT2D eigenvalue weighted by molar-refractivity contribution is -0.142. The molecule has 27 heavy (non-hydrogen) atoms. The van der Waals surface area contributed by atoms with Crippen LogP contribution in [0.5, 0.6) is 0 Å². The molecule has 0 saturated carbocycles. The lowest BCUT2D eigenvalue weighted by atomic mass is 10.0. The molecule has 3 rings (SSSR count). The molecule has 1 aliphatic heterocycles. The number of hydrogen-bond acceptors (Lipinski definition) is 4. The number of hydrogen-bond donors (Lipinski definition) is 3. The van der Waals surface area contributed by atoms with E-state index >= 15 is 0 Å². The van der Waals surface area contributed by atoms with Crippen molar-refractivity contribution < 1.29 is 9.90 Å². The first-order valence-corrected chi connectivity index (χ1v) is 8.82. The zero-order valence-corrected chi connectivity index (χ0v) is 17.2. The fourth-order valence-electron chi connectivity index (χ4n) is 3.54. The highest BCUT2D eigenvalue weighted by molar-refractivity contribution is 5.93. The summed E-state index contributed by atoms with van der Waals surface area (Å²) in [5.74, 6) is -1.11. The predicted molar refractivity (Wildman–Crippen MR) is 114 cm³/mol. The molecule has 1 aromatic carbocycles. The largest absolute Gasteiger partial charge is 0.481 e. The standard InChI is InChI=1S/C19H25N3O3.2ClH/c1-3-13(19(24)25)11-22(2)10-12-6-7-14-16(9-12)21-18(23)15-5-4-8-20-17(14)15;;/h6-7,9,13,20H,3-5,8,10-11H2,1-2H3,(H,21,23)(H,24,25);2*1H. The zero-order valence-electron chi connectivity index (χ0n) is 15.6. The summed E-state index contributed by atoms with van der Waals surface area (Å²) in [6.07, 6.45) is 2.40. The Morgan fingerprint density at radius 2 is 2.07 bits per heavy atom. The van der Waals surface area contributed by atoms with Gasteiger partial charge in [0.05, 0.1) is 17.1 Å². The van der Waals surface area contributed by atoms with E-state index in [0.29, 0.717) is 19.5 Å². The number of nitrogens with zero attached hydrogens (tertiary/aromatic N) is 1. The van der Waals surface area contributed by atoms with E-state index in [1.54, 1.807) is 0 Å². The van der Waals surface area contributed by atoms with Crippen molar-refractivity contribution in [1.29, 1.82) is 0 Å². The van der Waals surface area contributed by atoms with E-state index in [1.807, 2.05) is 31.0 Å². The second-order valence-electron chi connectivity index (χ2n) is 6.86. The Morgan fingerprint density at radius 3 is 2.74 bits per heavy atom. The minimum absolute atomic E-state index is 0. The van der Waals surface area contributed by atoms with Crippen molar-refractivity contribution in [3.63, 3.8) is 0 Å². The predicted octanol–water partition coefficient (Wildman–Crippen LogP) is 3.27. The van der Waals surface area contributed by atoms with Crippen LogP contribution < -0.4 is 10.9 Å². The number of pyridine rings is 1. The van der Waals surface area contributed by atoms with Gasteiger partial charge in [0.2, 0.25) is 0 Å². The molecule has 0 saturated heterocycles. The molecule has 2 aromatic rings. The van der Waals surface area contributed by atoms with Crippen LogP contribution in [0.15, 0.2) is 23.0 Å². The first-order valence-electron chi connectivity index (χ1n) is 8.82. The molecule has 1 unspecified atom stereocenters. The first kappa shape index (κ1) is 23.3. The van der Waals surface area contributed by atoms with Gasteiger partial charge in [0.25, 0.3) is 5.56 Å². The maximum absolute atomic E-state index is 12.3. The molecule has 0 fully saturated rings. The monoisotopic (exact) mass is 415 g/mol. The van der Waals surface area contributed by atoms with Crippen molar-refractivity contribution in [2.45, 2.75) is 32.7 Å². The summed E-state index contributed by atoms with van der Waals surface area (Å²) in [5, 5.41) is 13.6. The number of carboxylic acids is 1. The number of H-pyrrole nitrogens is 1. The SMILES string of the molecule is CCC(CN(C)Cc1ccc2c3c(c(=O)[nH]c2c1)CCCN3)C(=O)O.Cl.Cl. The van der Waals surface area contributed by atoms with Gasteiger partial charge in [-0.25, -0.2) is 0 Å². The van der Waals surface area contributed by atoms with E-state index in [0.717, 1.165) is 47.1 Å². The maximum Gasteiger partial charge on any atom is 0.307 e. The average Bonchev–Trinajstić information content (AvgIpc) is 2.59. The van der Waals surface area contributed by atoms with Crippen molar-refractivity contribution in [1.82, 2.24) is 9.88 Å². The molecule has 2 heterocycles. The minimum Gasteiger partial charge on any atom is -0.481 e. The number of rotatable bonds is 6. The summed E-state index contributed by atoms with van der Waals surface area (Å²) >= 11 is 0. The molecule has 0 spiro atoms. The number of nitrogens with one attached hydrogen (secondary N) is 2. The molecule has 150 valence electrons. The topological polar surface area (TPSA) is 85.4 Å². The van der Waals surface area contributed by atoms with Crippen LogP contribution in [0.1, 0.15) is 30.9 Å². The highest BCUT2D eigenvalue weighted by atomic mass is 35.5. The Hall–Kier alpha value is -1.76. The number of halogens is 2. The molecule has 0 aliphatic carbocycles. The number of fused-ring (bicyclic) bond motifs is 3. The third-order valence-corrected chi connectivity index (χ3v) is 4.91. The van der Waals surface area contributed by atoms with Gasteiger partial charge in [0.15, 0.2) is 0 Å². The van der Waals surface area contributed by atoms with E-state index in [4.69, 9.17) is 0 Å². The minimum atomic E-state index is -0.755. The normalized spacial score (nSPS) is 13.9. The summed E-state index contributed by atoms with van der Waals surface area (Å²) in [6.45, 7) is 3.94. The van der Waals surface area contributed by atoms with Crippen LogP contribution in [-0.4, -0.2) is 41.1 Å². The quantitative estimate of drug-likeness (QED) is 0.673. The maximum atomic E-state index is 12.3. The van der Waals surface area contributed by atoms with Crippen LogP contribution in [0.4, 0.5) is 5.69 Å². The van der Waals surface area contributed by atoms with Gasteiger partial charge >= 0.3 is 5.97 Å². The van der Waals surface area contributed by atoms with Crippen molar-refractivity contribution in [3.8, 4) is 0 Å². The summed E-state index contributed by atoms with van der Waals surface area (Å²) in [4.78, 5) is 28.5. The molecule has 0 radical (unpaired) electrons. The van der Waals surface area contributed by atoms with Gasteiger partial charge in [-0.1, -0.05) is 19.1 Å². The fourth-order valence-corrected chi connectivity index (χ4v) is 3.54. The van der Waals surface area contributed by atoms with Crippen LogP contribution in [-0.2, 0) is 17.8 Å². The van der Waals surface area contributed by atoms with Crippen molar-refractivity contribution in [3.05, 3.63) is 39.7 Å². The molecule has 0 amide bonds. The molecule has 0 bridgehead atoms. The van der Waals surface area contributed by atoms with Crippen molar-refractivity contribution in [2.75, 3.05) is 25.5 Å². The highest BCUT2D eigenvalue weighted by Gasteiger charge is 2.18. The molecule has 1 aliphatic rings.